The minimum absolute atomic E-state index is 0.0322. The van der Waals surface area contributed by atoms with Gasteiger partial charge in [-0.2, -0.15) is 0 Å². The van der Waals surface area contributed by atoms with Gasteiger partial charge in [-0.25, -0.2) is 0 Å². The van der Waals surface area contributed by atoms with Gasteiger partial charge >= 0.3 is 5.97 Å². The third kappa shape index (κ3) is 4.67. The van der Waals surface area contributed by atoms with Crippen LogP contribution < -0.4 is 0 Å². The molecule has 2 rings (SSSR count). The van der Waals surface area contributed by atoms with E-state index in [2.05, 4.69) is 39.5 Å². The fourth-order valence-electron chi connectivity index (χ4n) is 4.54. The summed E-state index contributed by atoms with van der Waals surface area (Å²) in [5.74, 6) is 0.771. The first kappa shape index (κ1) is 22.6. The molecule has 0 N–H and O–H groups in total. The highest BCUT2D eigenvalue weighted by Crippen LogP contribution is 2.51. The summed E-state index contributed by atoms with van der Waals surface area (Å²) in [6.45, 7) is 19.1. The van der Waals surface area contributed by atoms with Gasteiger partial charge in [0.15, 0.2) is 0 Å². The lowest BCUT2D eigenvalue weighted by Gasteiger charge is -2.29. The number of carbonyl (C=O) groups excluding carboxylic acids is 2. The molecular formula is C25H38O3. The van der Waals surface area contributed by atoms with E-state index in [1.165, 1.54) is 16.7 Å². The summed E-state index contributed by atoms with van der Waals surface area (Å²) in [6, 6.07) is 0. The van der Waals surface area contributed by atoms with Crippen molar-refractivity contribution in [2.24, 2.45) is 34.5 Å². The van der Waals surface area contributed by atoms with E-state index in [9.17, 15) is 9.59 Å². The van der Waals surface area contributed by atoms with Crippen molar-refractivity contribution in [2.45, 2.75) is 67.7 Å². The minimum Gasteiger partial charge on any atom is -0.465 e. The Morgan fingerprint density at radius 3 is 2.57 bits per heavy atom. The molecule has 2 aliphatic rings. The molecular weight excluding hydrogens is 348 g/mol. The van der Waals surface area contributed by atoms with Gasteiger partial charge < -0.3 is 9.53 Å². The van der Waals surface area contributed by atoms with Gasteiger partial charge in [-0.05, 0) is 70.3 Å². The van der Waals surface area contributed by atoms with Gasteiger partial charge in [0.05, 0.1) is 12.0 Å². The Labute approximate surface area is 171 Å². The van der Waals surface area contributed by atoms with Crippen LogP contribution in [-0.4, -0.2) is 18.9 Å². The zero-order valence-corrected chi connectivity index (χ0v) is 18.8. The molecule has 156 valence electrons. The molecule has 3 heteroatoms. The van der Waals surface area contributed by atoms with E-state index in [0.717, 1.165) is 25.5 Å². The van der Waals surface area contributed by atoms with Crippen molar-refractivity contribution in [3.8, 4) is 0 Å². The van der Waals surface area contributed by atoms with Crippen molar-refractivity contribution in [1.29, 1.82) is 0 Å². The number of ether oxygens (including phenoxy) is 1. The molecule has 0 radical (unpaired) electrons. The predicted molar refractivity (Wildman–Crippen MR) is 115 cm³/mol. The zero-order chi connectivity index (χ0) is 21.3. The smallest absolute Gasteiger partial charge is 0.311 e. The molecule has 1 saturated carbocycles. The van der Waals surface area contributed by atoms with Gasteiger partial charge in [-0.3, -0.25) is 4.79 Å². The lowest BCUT2D eigenvalue weighted by Crippen LogP contribution is -2.27. The number of esters is 1. The molecule has 0 saturated heterocycles. The molecule has 1 fully saturated rings. The van der Waals surface area contributed by atoms with Crippen molar-refractivity contribution < 1.29 is 14.3 Å². The second-order valence-electron chi connectivity index (χ2n) is 10.2. The Bertz CT molecular complexity index is 691. The number of rotatable bonds is 6. The Hall–Kier alpha value is -1.64. The monoisotopic (exact) mass is 386 g/mol. The fraction of sp³-hybridized carbons (Fsp3) is 0.680. The predicted octanol–water partition coefficient (Wildman–Crippen LogP) is 5.91. The van der Waals surface area contributed by atoms with Crippen molar-refractivity contribution in [3.05, 3.63) is 35.5 Å². The van der Waals surface area contributed by atoms with Crippen LogP contribution in [-0.2, 0) is 14.3 Å². The molecule has 0 aliphatic heterocycles. The maximum Gasteiger partial charge on any atom is 0.311 e. The molecule has 0 spiro atoms. The number of allylic oxidation sites excluding steroid dienone is 5. The summed E-state index contributed by atoms with van der Waals surface area (Å²) in [6.07, 6.45) is 8.77. The molecule has 0 heterocycles. The SMILES string of the molecule is C=C1[C@@H]([C@H](C)COC(=O)C(C)(C)C)CC[C@]1(C)/C=C1/C(C)=CC[C@H]1[C@@H](C)C=O. The number of hydrogen-bond donors (Lipinski definition) is 0. The van der Waals surface area contributed by atoms with Crippen molar-refractivity contribution in [3.63, 3.8) is 0 Å². The van der Waals surface area contributed by atoms with Crippen LogP contribution in [0, 0.1) is 34.5 Å². The van der Waals surface area contributed by atoms with Crippen molar-refractivity contribution in [2.75, 3.05) is 6.61 Å². The second kappa shape index (κ2) is 8.39. The van der Waals surface area contributed by atoms with E-state index in [4.69, 9.17) is 4.74 Å². The minimum atomic E-state index is -0.470. The summed E-state index contributed by atoms with van der Waals surface area (Å²) in [7, 11) is 0. The molecule has 0 aromatic rings. The molecule has 0 unspecified atom stereocenters. The largest absolute Gasteiger partial charge is 0.465 e. The quantitative estimate of drug-likeness (QED) is 0.324. The van der Waals surface area contributed by atoms with Crippen LogP contribution in [0.4, 0.5) is 0 Å². The highest BCUT2D eigenvalue weighted by atomic mass is 16.5. The first-order valence-corrected chi connectivity index (χ1v) is 10.6. The average Bonchev–Trinajstić information content (AvgIpc) is 3.12. The number of aldehydes is 1. The van der Waals surface area contributed by atoms with Crippen molar-refractivity contribution in [1.82, 2.24) is 0 Å². The third-order valence-corrected chi connectivity index (χ3v) is 6.79. The summed E-state index contributed by atoms with van der Waals surface area (Å²) in [4.78, 5) is 23.5. The summed E-state index contributed by atoms with van der Waals surface area (Å²) >= 11 is 0. The van der Waals surface area contributed by atoms with Crippen LogP contribution in [0.25, 0.3) is 0 Å². The molecule has 0 bridgehead atoms. The van der Waals surface area contributed by atoms with E-state index in [1.54, 1.807) is 0 Å². The normalized spacial score (nSPS) is 31.6. The van der Waals surface area contributed by atoms with Crippen LogP contribution in [0.3, 0.4) is 0 Å². The molecule has 3 nitrogen and oxygen atoms in total. The van der Waals surface area contributed by atoms with Crippen LogP contribution in [0.5, 0.6) is 0 Å². The van der Waals surface area contributed by atoms with Gasteiger partial charge in [-0.15, -0.1) is 0 Å². The first-order chi connectivity index (χ1) is 12.9. The Morgan fingerprint density at radius 1 is 1.36 bits per heavy atom. The lowest BCUT2D eigenvalue weighted by atomic mass is 9.76. The van der Waals surface area contributed by atoms with Crippen LogP contribution in [0.2, 0.25) is 0 Å². The molecule has 5 atom stereocenters. The standard InChI is InChI=1S/C25H38O3/c1-16-9-10-21(17(2)14-26)22(16)13-25(8)12-11-20(19(25)4)18(3)15-28-23(27)24(5,6)7/h9,13-14,17-18,20-21H,4,10-12,15H2,1-3,5-8H3/b22-13-/t17-,18+,20+,21-,25+/m0/s1. The van der Waals surface area contributed by atoms with Gasteiger partial charge in [0, 0.05) is 11.3 Å². The lowest BCUT2D eigenvalue weighted by molar-refractivity contribution is -0.154. The van der Waals surface area contributed by atoms with Crippen LogP contribution in [0.1, 0.15) is 67.7 Å². The molecule has 2 aliphatic carbocycles. The van der Waals surface area contributed by atoms with E-state index in [0.29, 0.717) is 12.5 Å². The van der Waals surface area contributed by atoms with E-state index in [-0.39, 0.29) is 29.1 Å². The Kier molecular flexibility index (Phi) is 6.78. The number of hydrogen-bond acceptors (Lipinski definition) is 3. The van der Waals surface area contributed by atoms with E-state index >= 15 is 0 Å². The molecule has 0 aromatic heterocycles. The van der Waals surface area contributed by atoms with E-state index in [1.807, 2.05) is 27.7 Å². The third-order valence-electron chi connectivity index (χ3n) is 6.79. The molecule has 0 aromatic carbocycles. The van der Waals surface area contributed by atoms with Gasteiger partial charge in [0.2, 0.25) is 0 Å². The van der Waals surface area contributed by atoms with Crippen LogP contribution in [0.15, 0.2) is 35.5 Å². The van der Waals surface area contributed by atoms with E-state index < -0.39 is 5.41 Å². The van der Waals surface area contributed by atoms with Gasteiger partial charge in [0.1, 0.15) is 6.29 Å². The number of carbonyl (C=O) groups is 2. The maximum atomic E-state index is 12.1. The zero-order valence-electron chi connectivity index (χ0n) is 18.8. The van der Waals surface area contributed by atoms with Gasteiger partial charge in [0.25, 0.3) is 0 Å². The fourth-order valence-corrected chi connectivity index (χ4v) is 4.54. The summed E-state index contributed by atoms with van der Waals surface area (Å²) in [5.41, 5.74) is 3.31. The molecule has 28 heavy (non-hydrogen) atoms. The average molecular weight is 387 g/mol. The Balaban J connectivity index is 2.12. The van der Waals surface area contributed by atoms with Crippen molar-refractivity contribution >= 4 is 12.3 Å². The highest BCUT2D eigenvalue weighted by Gasteiger charge is 2.41. The van der Waals surface area contributed by atoms with Gasteiger partial charge in [-0.1, -0.05) is 50.6 Å². The highest BCUT2D eigenvalue weighted by molar-refractivity contribution is 5.75. The maximum absolute atomic E-state index is 12.1. The summed E-state index contributed by atoms with van der Waals surface area (Å²) < 4.78 is 5.57. The second-order valence-corrected chi connectivity index (χ2v) is 10.2. The Morgan fingerprint density at radius 2 is 2.00 bits per heavy atom. The first-order valence-electron chi connectivity index (χ1n) is 10.6. The topological polar surface area (TPSA) is 43.4 Å². The van der Waals surface area contributed by atoms with Crippen LogP contribution >= 0.6 is 0 Å². The summed E-state index contributed by atoms with van der Waals surface area (Å²) in [5, 5.41) is 0. The molecule has 0 amide bonds.